The van der Waals surface area contributed by atoms with Gasteiger partial charge in [-0.2, -0.15) is 0 Å². The molecular weight excluding hydrogens is 350 g/mol. The summed E-state index contributed by atoms with van der Waals surface area (Å²) in [6, 6.07) is 7.39. The van der Waals surface area contributed by atoms with Crippen LogP contribution in [0.15, 0.2) is 42.7 Å². The molecule has 25 heavy (non-hydrogen) atoms. The lowest BCUT2D eigenvalue weighted by molar-refractivity contribution is -0.125. The fraction of sp³-hybridized carbons (Fsp3) is 0.125. The number of esters is 1. The number of hydrogen-bond acceptors (Lipinski definition) is 6. The van der Waals surface area contributed by atoms with Crippen molar-refractivity contribution in [1.29, 1.82) is 0 Å². The lowest BCUT2D eigenvalue weighted by atomic mass is 10.2. The van der Waals surface area contributed by atoms with Crippen molar-refractivity contribution in [3.8, 4) is 5.75 Å². The van der Waals surface area contributed by atoms with Gasteiger partial charge in [-0.3, -0.25) is 25.4 Å². The van der Waals surface area contributed by atoms with E-state index < -0.39 is 24.4 Å². The lowest BCUT2D eigenvalue weighted by Gasteiger charge is -2.11. The Morgan fingerprint density at radius 2 is 1.84 bits per heavy atom. The molecule has 0 saturated heterocycles. The molecule has 0 atom stereocenters. The van der Waals surface area contributed by atoms with Crippen molar-refractivity contribution in [2.24, 2.45) is 0 Å². The highest BCUT2D eigenvalue weighted by Crippen LogP contribution is 2.22. The summed E-state index contributed by atoms with van der Waals surface area (Å²) in [4.78, 5) is 39.2. The van der Waals surface area contributed by atoms with E-state index >= 15 is 0 Å². The van der Waals surface area contributed by atoms with Crippen LogP contribution in [0.5, 0.6) is 5.75 Å². The van der Waals surface area contributed by atoms with Crippen LogP contribution in [0.3, 0.4) is 0 Å². The van der Waals surface area contributed by atoms with Gasteiger partial charge in [0.2, 0.25) is 0 Å². The summed E-state index contributed by atoms with van der Waals surface area (Å²) in [5.74, 6) is -1.73. The number of nitrogens with zero attached hydrogens (tertiary/aromatic N) is 1. The van der Waals surface area contributed by atoms with Crippen molar-refractivity contribution in [1.82, 2.24) is 15.8 Å². The molecule has 2 N–H and O–H groups in total. The van der Waals surface area contributed by atoms with Gasteiger partial charge in [0, 0.05) is 17.4 Å². The van der Waals surface area contributed by atoms with Gasteiger partial charge in [-0.1, -0.05) is 11.6 Å². The van der Waals surface area contributed by atoms with Crippen molar-refractivity contribution < 1.29 is 23.9 Å². The minimum absolute atomic E-state index is 0.143. The van der Waals surface area contributed by atoms with E-state index in [2.05, 4.69) is 15.8 Å². The lowest BCUT2D eigenvalue weighted by Crippen LogP contribution is -2.43. The van der Waals surface area contributed by atoms with E-state index in [4.69, 9.17) is 21.1 Å². The Morgan fingerprint density at radius 3 is 2.52 bits per heavy atom. The molecule has 0 unspecified atom stereocenters. The van der Waals surface area contributed by atoms with Crippen LogP contribution in [0.25, 0.3) is 0 Å². The van der Waals surface area contributed by atoms with Crippen LogP contribution in [0.2, 0.25) is 5.02 Å². The van der Waals surface area contributed by atoms with E-state index in [0.29, 0.717) is 10.8 Å². The predicted octanol–water partition coefficient (Wildman–Crippen LogP) is 1.36. The molecule has 0 aliphatic rings. The van der Waals surface area contributed by atoms with Crippen molar-refractivity contribution >= 4 is 29.4 Å². The highest BCUT2D eigenvalue weighted by atomic mass is 35.5. The van der Waals surface area contributed by atoms with Gasteiger partial charge in [0.1, 0.15) is 5.75 Å². The van der Waals surface area contributed by atoms with Gasteiger partial charge in [-0.15, -0.1) is 0 Å². The number of nitrogens with one attached hydrogen (secondary N) is 2. The number of carbonyl (C=O) groups excluding carboxylic acids is 3. The van der Waals surface area contributed by atoms with Gasteiger partial charge >= 0.3 is 5.97 Å². The van der Waals surface area contributed by atoms with Crippen LogP contribution >= 0.6 is 11.6 Å². The first-order chi connectivity index (χ1) is 12.0. The topological polar surface area (TPSA) is 107 Å². The van der Waals surface area contributed by atoms with Crippen LogP contribution < -0.4 is 15.6 Å². The number of halogens is 1. The molecular formula is C16H14ClN3O5. The quantitative estimate of drug-likeness (QED) is 0.613. The number of carbonyl (C=O) groups is 3. The standard InChI is InChI=1S/C16H14ClN3O5/c1-24-13-3-2-11(17)8-12(13)15(22)20-19-14(21)9-25-16(23)10-4-6-18-7-5-10/h2-8H,9H2,1H3,(H,19,21)(H,20,22). The average molecular weight is 364 g/mol. The zero-order valence-corrected chi connectivity index (χ0v) is 13.9. The minimum Gasteiger partial charge on any atom is -0.496 e. The number of hydrazine groups is 1. The van der Waals surface area contributed by atoms with Crippen LogP contribution in [0.4, 0.5) is 0 Å². The zero-order chi connectivity index (χ0) is 18.2. The van der Waals surface area contributed by atoms with Crippen LogP contribution in [-0.4, -0.2) is 36.5 Å². The first-order valence-corrected chi connectivity index (χ1v) is 7.39. The van der Waals surface area contributed by atoms with Gasteiger partial charge in [-0.25, -0.2) is 4.79 Å². The van der Waals surface area contributed by atoms with E-state index in [-0.39, 0.29) is 11.1 Å². The minimum atomic E-state index is -0.711. The fourth-order valence-electron chi connectivity index (χ4n) is 1.79. The SMILES string of the molecule is COc1ccc(Cl)cc1C(=O)NNC(=O)COC(=O)c1ccncc1. The summed E-state index contributed by atoms with van der Waals surface area (Å²) < 4.78 is 9.87. The smallest absolute Gasteiger partial charge is 0.338 e. The molecule has 1 heterocycles. The number of rotatable bonds is 5. The number of aromatic nitrogens is 1. The summed E-state index contributed by atoms with van der Waals surface area (Å²) in [6.07, 6.45) is 2.85. The Morgan fingerprint density at radius 1 is 1.12 bits per heavy atom. The highest BCUT2D eigenvalue weighted by molar-refractivity contribution is 6.31. The van der Waals surface area contributed by atoms with Gasteiger partial charge < -0.3 is 9.47 Å². The number of amides is 2. The molecule has 0 aliphatic heterocycles. The first-order valence-electron chi connectivity index (χ1n) is 7.01. The second-order valence-corrected chi connectivity index (χ2v) is 5.10. The van der Waals surface area contributed by atoms with E-state index in [9.17, 15) is 14.4 Å². The monoisotopic (exact) mass is 363 g/mol. The maximum Gasteiger partial charge on any atom is 0.338 e. The number of benzene rings is 1. The number of ether oxygens (including phenoxy) is 2. The third-order valence-corrected chi connectivity index (χ3v) is 3.21. The van der Waals surface area contributed by atoms with E-state index in [1.165, 1.54) is 43.8 Å². The number of pyridine rings is 1. The third kappa shape index (κ3) is 5.18. The highest BCUT2D eigenvalue weighted by Gasteiger charge is 2.15. The summed E-state index contributed by atoms with van der Waals surface area (Å²) >= 11 is 5.84. The predicted molar refractivity (Wildman–Crippen MR) is 88.1 cm³/mol. The van der Waals surface area contributed by atoms with Crippen LogP contribution in [0.1, 0.15) is 20.7 Å². The molecule has 2 rings (SSSR count). The van der Waals surface area contributed by atoms with Gasteiger partial charge in [0.25, 0.3) is 11.8 Å². The third-order valence-electron chi connectivity index (χ3n) is 2.97. The molecule has 0 bridgehead atoms. The molecule has 8 nitrogen and oxygen atoms in total. The largest absolute Gasteiger partial charge is 0.496 e. The average Bonchev–Trinajstić information content (AvgIpc) is 2.64. The Balaban J connectivity index is 1.85. The fourth-order valence-corrected chi connectivity index (χ4v) is 1.96. The number of hydrogen-bond donors (Lipinski definition) is 2. The Labute approximate surface area is 148 Å². The van der Waals surface area contributed by atoms with Crippen molar-refractivity contribution in [2.75, 3.05) is 13.7 Å². The van der Waals surface area contributed by atoms with E-state index in [1.807, 2.05) is 0 Å². The molecule has 0 radical (unpaired) electrons. The molecule has 9 heteroatoms. The second-order valence-electron chi connectivity index (χ2n) is 4.66. The van der Waals surface area contributed by atoms with E-state index in [0.717, 1.165) is 0 Å². The molecule has 2 amide bonds. The molecule has 0 aliphatic carbocycles. The zero-order valence-electron chi connectivity index (χ0n) is 13.1. The molecule has 1 aromatic carbocycles. The molecule has 0 fully saturated rings. The normalized spacial score (nSPS) is 9.84. The molecule has 0 saturated carbocycles. The summed E-state index contributed by atoms with van der Waals surface area (Å²) in [6.45, 7) is -0.561. The number of methoxy groups -OCH3 is 1. The first kappa shape index (κ1) is 18.2. The second kappa shape index (κ2) is 8.65. The maximum atomic E-state index is 12.1. The van der Waals surface area contributed by atoms with E-state index in [1.54, 1.807) is 6.07 Å². The van der Waals surface area contributed by atoms with Crippen molar-refractivity contribution in [3.05, 3.63) is 58.9 Å². The van der Waals surface area contributed by atoms with Gasteiger partial charge in [-0.05, 0) is 30.3 Å². The van der Waals surface area contributed by atoms with Crippen LogP contribution in [-0.2, 0) is 9.53 Å². The summed E-state index contributed by atoms with van der Waals surface area (Å²) in [5.41, 5.74) is 4.72. The Bertz CT molecular complexity index is 783. The van der Waals surface area contributed by atoms with Gasteiger partial charge in [0.15, 0.2) is 6.61 Å². The van der Waals surface area contributed by atoms with Gasteiger partial charge in [0.05, 0.1) is 18.2 Å². The molecule has 1 aromatic heterocycles. The molecule has 0 spiro atoms. The summed E-state index contributed by atoms with van der Waals surface area (Å²) in [5, 5.41) is 0.337. The molecule has 130 valence electrons. The van der Waals surface area contributed by atoms with Crippen LogP contribution in [0, 0.1) is 0 Å². The summed E-state index contributed by atoms with van der Waals surface area (Å²) in [7, 11) is 1.40. The van der Waals surface area contributed by atoms with Crippen molar-refractivity contribution in [2.45, 2.75) is 0 Å². The maximum absolute atomic E-state index is 12.1. The molecule has 2 aromatic rings. The van der Waals surface area contributed by atoms with Crippen molar-refractivity contribution in [3.63, 3.8) is 0 Å². The Kier molecular flexibility index (Phi) is 6.30. The Hall–Kier alpha value is -3.13.